The first-order valence-corrected chi connectivity index (χ1v) is 8.84. The van der Waals surface area contributed by atoms with Gasteiger partial charge in [-0.25, -0.2) is 0 Å². The molecule has 5 heteroatoms. The number of hydrogen-bond donors (Lipinski definition) is 0. The molecule has 2 rings (SSSR count). The molecule has 116 valence electrons. The maximum atomic E-state index is 12.2. The number of nitrogens with zero attached hydrogens (tertiary/aromatic N) is 2. The van der Waals surface area contributed by atoms with Gasteiger partial charge >= 0.3 is 0 Å². The first kappa shape index (κ1) is 16.2. The molecule has 0 aromatic heterocycles. The van der Waals surface area contributed by atoms with Crippen LogP contribution in [0.3, 0.4) is 0 Å². The van der Waals surface area contributed by atoms with Gasteiger partial charge in [-0.2, -0.15) is 0 Å². The summed E-state index contributed by atoms with van der Waals surface area (Å²) in [6.07, 6.45) is 0. The highest BCUT2D eigenvalue weighted by atomic mass is 32.2. The molecular formula is C16H24N2O2S. The zero-order valence-corrected chi connectivity index (χ0v) is 13.6. The molecule has 1 aromatic rings. The van der Waals surface area contributed by atoms with E-state index >= 15 is 0 Å². The summed E-state index contributed by atoms with van der Waals surface area (Å²) in [6.45, 7) is 8.04. The summed E-state index contributed by atoms with van der Waals surface area (Å²) in [7, 11) is -0.932. The van der Waals surface area contributed by atoms with Gasteiger partial charge in [0.15, 0.2) is 0 Å². The van der Waals surface area contributed by atoms with Crippen LogP contribution in [0.25, 0.3) is 0 Å². The van der Waals surface area contributed by atoms with E-state index in [4.69, 9.17) is 0 Å². The summed E-state index contributed by atoms with van der Waals surface area (Å²) in [5.41, 5.74) is 0. The summed E-state index contributed by atoms with van der Waals surface area (Å²) in [4.78, 5) is 17.0. The minimum absolute atomic E-state index is 0.0714. The molecule has 0 radical (unpaired) electrons. The van der Waals surface area contributed by atoms with E-state index in [1.807, 2.05) is 49.1 Å². The van der Waals surface area contributed by atoms with E-state index in [9.17, 15) is 9.00 Å². The smallest absolute Gasteiger partial charge is 0.225 e. The van der Waals surface area contributed by atoms with Crippen LogP contribution in [0.5, 0.6) is 0 Å². The van der Waals surface area contributed by atoms with Crippen molar-refractivity contribution in [2.45, 2.75) is 18.7 Å². The second-order valence-electron chi connectivity index (χ2n) is 5.68. The fourth-order valence-electron chi connectivity index (χ4n) is 2.46. The Kier molecular flexibility index (Phi) is 5.94. The highest BCUT2D eigenvalue weighted by Crippen LogP contribution is 2.09. The first-order valence-electron chi connectivity index (χ1n) is 7.52. The van der Waals surface area contributed by atoms with Crippen LogP contribution in [-0.4, -0.2) is 58.4 Å². The van der Waals surface area contributed by atoms with Crippen molar-refractivity contribution in [2.24, 2.45) is 5.92 Å². The van der Waals surface area contributed by atoms with Crippen LogP contribution in [0.1, 0.15) is 13.8 Å². The number of carbonyl (C=O) groups is 1. The molecule has 1 amide bonds. The van der Waals surface area contributed by atoms with Crippen LogP contribution >= 0.6 is 0 Å². The third kappa shape index (κ3) is 4.64. The van der Waals surface area contributed by atoms with Gasteiger partial charge < -0.3 is 4.90 Å². The van der Waals surface area contributed by atoms with Crippen LogP contribution in [0, 0.1) is 5.92 Å². The second-order valence-corrected chi connectivity index (χ2v) is 7.26. The highest BCUT2D eigenvalue weighted by Gasteiger charge is 2.22. The summed E-state index contributed by atoms with van der Waals surface area (Å²) in [5, 5.41) is 0. The fraction of sp³-hybridized carbons (Fsp3) is 0.562. The van der Waals surface area contributed by atoms with Gasteiger partial charge in [0.05, 0.1) is 10.8 Å². The molecule has 0 unspecified atom stereocenters. The molecule has 1 heterocycles. The third-order valence-corrected chi connectivity index (χ3v) is 5.13. The van der Waals surface area contributed by atoms with Crippen molar-refractivity contribution in [2.75, 3.05) is 38.5 Å². The Morgan fingerprint density at radius 2 is 1.76 bits per heavy atom. The van der Waals surface area contributed by atoms with Gasteiger partial charge in [-0.3, -0.25) is 13.9 Å². The standard InChI is InChI=1S/C16H24N2O2S/c1-14(2)16(19)18-10-8-17(9-11-18)12-13-21(20)15-6-4-3-5-7-15/h3-7,14H,8-13H2,1-2H3/t21-/m0/s1. The molecule has 1 atom stereocenters. The number of rotatable bonds is 5. The van der Waals surface area contributed by atoms with Crippen molar-refractivity contribution in [1.29, 1.82) is 0 Å². The molecule has 0 saturated carbocycles. The average Bonchev–Trinajstić information content (AvgIpc) is 2.53. The molecule has 1 aliphatic heterocycles. The molecule has 1 fully saturated rings. The van der Waals surface area contributed by atoms with Gasteiger partial charge in [0, 0.05) is 49.3 Å². The van der Waals surface area contributed by atoms with E-state index in [1.165, 1.54) is 0 Å². The van der Waals surface area contributed by atoms with Crippen LogP contribution in [0.4, 0.5) is 0 Å². The van der Waals surface area contributed by atoms with Crippen molar-refractivity contribution in [1.82, 2.24) is 9.80 Å². The monoisotopic (exact) mass is 308 g/mol. The fourth-order valence-corrected chi connectivity index (χ4v) is 3.58. The average molecular weight is 308 g/mol. The molecule has 0 spiro atoms. The molecular weight excluding hydrogens is 284 g/mol. The number of hydrogen-bond acceptors (Lipinski definition) is 3. The molecule has 1 aliphatic rings. The zero-order chi connectivity index (χ0) is 15.2. The van der Waals surface area contributed by atoms with E-state index in [-0.39, 0.29) is 11.8 Å². The normalized spacial score (nSPS) is 18.0. The molecule has 4 nitrogen and oxygen atoms in total. The van der Waals surface area contributed by atoms with Crippen LogP contribution in [0.2, 0.25) is 0 Å². The van der Waals surface area contributed by atoms with Gasteiger partial charge in [-0.05, 0) is 12.1 Å². The Morgan fingerprint density at radius 3 is 2.33 bits per heavy atom. The van der Waals surface area contributed by atoms with E-state index in [1.54, 1.807) is 0 Å². The predicted octanol–water partition coefficient (Wildman–Crippen LogP) is 1.59. The van der Waals surface area contributed by atoms with Crippen LogP contribution < -0.4 is 0 Å². The van der Waals surface area contributed by atoms with Crippen LogP contribution in [-0.2, 0) is 15.6 Å². The van der Waals surface area contributed by atoms with Crippen molar-refractivity contribution < 1.29 is 9.00 Å². The highest BCUT2D eigenvalue weighted by molar-refractivity contribution is 7.85. The van der Waals surface area contributed by atoms with Gasteiger partial charge in [0.25, 0.3) is 0 Å². The van der Waals surface area contributed by atoms with Gasteiger partial charge in [0.2, 0.25) is 5.91 Å². The number of carbonyl (C=O) groups excluding carboxylic acids is 1. The van der Waals surface area contributed by atoms with Gasteiger partial charge in [-0.15, -0.1) is 0 Å². The summed E-state index contributed by atoms with van der Waals surface area (Å²) < 4.78 is 12.2. The summed E-state index contributed by atoms with van der Waals surface area (Å²) in [5.74, 6) is 0.965. The SMILES string of the molecule is CC(C)C(=O)N1CCN(CC[S@](=O)c2ccccc2)CC1. The Hall–Kier alpha value is -1.20. The molecule has 1 saturated heterocycles. The van der Waals surface area contributed by atoms with Crippen molar-refractivity contribution >= 4 is 16.7 Å². The van der Waals surface area contributed by atoms with Crippen molar-refractivity contribution in [3.63, 3.8) is 0 Å². The molecule has 21 heavy (non-hydrogen) atoms. The minimum Gasteiger partial charge on any atom is -0.340 e. The third-order valence-electron chi connectivity index (χ3n) is 3.78. The lowest BCUT2D eigenvalue weighted by atomic mass is 10.1. The predicted molar refractivity (Wildman–Crippen MR) is 85.6 cm³/mol. The Morgan fingerprint density at radius 1 is 1.14 bits per heavy atom. The molecule has 0 aliphatic carbocycles. The summed E-state index contributed by atoms with van der Waals surface area (Å²) in [6, 6.07) is 9.60. The lowest BCUT2D eigenvalue weighted by molar-refractivity contribution is -0.136. The largest absolute Gasteiger partial charge is 0.340 e. The van der Waals surface area contributed by atoms with Gasteiger partial charge in [0.1, 0.15) is 0 Å². The number of amides is 1. The van der Waals surface area contributed by atoms with Crippen molar-refractivity contribution in [3.05, 3.63) is 30.3 Å². The van der Waals surface area contributed by atoms with Crippen LogP contribution in [0.15, 0.2) is 35.2 Å². The summed E-state index contributed by atoms with van der Waals surface area (Å²) >= 11 is 0. The lowest BCUT2D eigenvalue weighted by Gasteiger charge is -2.35. The maximum absolute atomic E-state index is 12.2. The Labute approximate surface area is 129 Å². The Balaban J connectivity index is 1.74. The second kappa shape index (κ2) is 7.71. The zero-order valence-electron chi connectivity index (χ0n) is 12.8. The first-order chi connectivity index (χ1) is 10.1. The van der Waals surface area contributed by atoms with Crippen molar-refractivity contribution in [3.8, 4) is 0 Å². The Bertz CT molecular complexity index is 482. The topological polar surface area (TPSA) is 40.6 Å². The quantitative estimate of drug-likeness (QED) is 0.829. The number of piperazine rings is 1. The van der Waals surface area contributed by atoms with E-state index in [2.05, 4.69) is 4.90 Å². The van der Waals surface area contributed by atoms with Gasteiger partial charge in [-0.1, -0.05) is 32.0 Å². The van der Waals surface area contributed by atoms with E-state index < -0.39 is 10.8 Å². The lowest BCUT2D eigenvalue weighted by Crippen LogP contribution is -2.50. The number of benzene rings is 1. The minimum atomic E-state index is -0.932. The molecule has 0 N–H and O–H groups in total. The van der Waals surface area contributed by atoms with E-state index in [0.29, 0.717) is 5.75 Å². The van der Waals surface area contributed by atoms with E-state index in [0.717, 1.165) is 37.6 Å². The molecule has 1 aromatic carbocycles. The maximum Gasteiger partial charge on any atom is 0.225 e. The molecule has 0 bridgehead atoms.